The Labute approximate surface area is 147 Å². The van der Waals surface area contributed by atoms with Crippen molar-refractivity contribution in [1.82, 2.24) is 9.78 Å². The maximum atomic E-state index is 12.1. The van der Waals surface area contributed by atoms with Gasteiger partial charge in [-0.1, -0.05) is 24.0 Å². The minimum absolute atomic E-state index is 0.112. The molecule has 5 heteroatoms. The number of ether oxygens (including phenoxy) is 1. The lowest BCUT2D eigenvalue weighted by molar-refractivity contribution is 0.0130. The van der Waals surface area contributed by atoms with E-state index < -0.39 is 5.76 Å². The van der Waals surface area contributed by atoms with Crippen molar-refractivity contribution >= 4 is 0 Å². The summed E-state index contributed by atoms with van der Waals surface area (Å²) >= 11 is 0. The lowest BCUT2D eigenvalue weighted by Crippen LogP contribution is -2.21. The second kappa shape index (κ2) is 7.28. The first-order valence-electron chi connectivity index (χ1n) is 9.05. The normalized spacial score (nSPS) is 20.1. The van der Waals surface area contributed by atoms with E-state index in [2.05, 4.69) is 16.9 Å². The largest absolute Gasteiger partial charge is 0.437 e. The predicted octanol–water partition coefficient (Wildman–Crippen LogP) is 2.76. The Bertz CT molecular complexity index is 846. The molecule has 0 N–H and O–H groups in total. The third-order valence-electron chi connectivity index (χ3n) is 4.58. The molecular weight excluding hydrogens is 316 g/mol. The number of aromatic nitrogens is 2. The fraction of sp³-hybridized carbons (Fsp3) is 0.500. The molecule has 1 saturated carbocycles. The van der Waals surface area contributed by atoms with Crippen molar-refractivity contribution in [2.75, 3.05) is 6.61 Å². The first kappa shape index (κ1) is 16.2. The molecule has 1 saturated heterocycles. The number of rotatable bonds is 4. The quantitative estimate of drug-likeness (QED) is 0.805. The van der Waals surface area contributed by atoms with Crippen LogP contribution in [0.25, 0.3) is 0 Å². The molecule has 2 fully saturated rings. The van der Waals surface area contributed by atoms with Crippen LogP contribution in [0.2, 0.25) is 0 Å². The molecule has 0 bridgehead atoms. The average Bonchev–Trinajstić information content (AvgIpc) is 3.39. The minimum atomic E-state index is -0.416. The van der Waals surface area contributed by atoms with Gasteiger partial charge in [-0.3, -0.25) is 0 Å². The van der Waals surface area contributed by atoms with Crippen molar-refractivity contribution in [3.63, 3.8) is 0 Å². The van der Waals surface area contributed by atoms with Gasteiger partial charge in [0.1, 0.15) is 0 Å². The Morgan fingerprint density at radius 3 is 2.96 bits per heavy atom. The van der Waals surface area contributed by atoms with Crippen LogP contribution in [0.3, 0.4) is 0 Å². The van der Waals surface area contributed by atoms with E-state index in [0.29, 0.717) is 24.8 Å². The molecule has 5 nitrogen and oxygen atoms in total. The zero-order valence-electron chi connectivity index (χ0n) is 14.2. The lowest BCUT2D eigenvalue weighted by Gasteiger charge is -2.20. The van der Waals surface area contributed by atoms with Crippen molar-refractivity contribution in [3.8, 4) is 11.8 Å². The molecule has 2 heterocycles. The molecule has 0 unspecified atom stereocenters. The van der Waals surface area contributed by atoms with Crippen LogP contribution in [-0.2, 0) is 17.7 Å². The molecule has 1 aromatic heterocycles. The van der Waals surface area contributed by atoms with Crippen molar-refractivity contribution < 1.29 is 9.15 Å². The predicted molar refractivity (Wildman–Crippen MR) is 93.2 cm³/mol. The third-order valence-corrected chi connectivity index (χ3v) is 4.58. The van der Waals surface area contributed by atoms with E-state index in [-0.39, 0.29) is 6.10 Å². The molecule has 0 radical (unpaired) electrons. The first-order chi connectivity index (χ1) is 12.3. The van der Waals surface area contributed by atoms with Crippen LogP contribution < -0.4 is 5.76 Å². The van der Waals surface area contributed by atoms with Gasteiger partial charge in [0, 0.05) is 18.1 Å². The summed E-state index contributed by atoms with van der Waals surface area (Å²) in [5.74, 6) is 7.09. The lowest BCUT2D eigenvalue weighted by atomic mass is 10.1. The van der Waals surface area contributed by atoms with Crippen molar-refractivity contribution in [2.24, 2.45) is 5.92 Å². The SMILES string of the molecule is O=c1oc(C[C@H]2CCCCO2)nn1Cc1cccc(C#CC2CC2)c1. The van der Waals surface area contributed by atoms with E-state index in [0.717, 1.165) is 37.0 Å². The molecule has 25 heavy (non-hydrogen) atoms. The molecule has 0 spiro atoms. The monoisotopic (exact) mass is 338 g/mol. The van der Waals surface area contributed by atoms with Gasteiger partial charge in [0.15, 0.2) is 0 Å². The second-order valence-electron chi connectivity index (χ2n) is 6.86. The molecule has 0 amide bonds. The number of benzene rings is 1. The molecule has 1 aliphatic carbocycles. The van der Waals surface area contributed by atoms with E-state index in [1.165, 1.54) is 17.5 Å². The van der Waals surface area contributed by atoms with Gasteiger partial charge in [0.25, 0.3) is 0 Å². The number of hydrogen-bond acceptors (Lipinski definition) is 4. The smallest absolute Gasteiger partial charge is 0.392 e. The third kappa shape index (κ3) is 4.40. The minimum Gasteiger partial charge on any atom is -0.392 e. The standard InChI is InChI=1S/C20H22N2O3/c23-20-22(21-19(25-20)13-18-6-1-2-11-24-18)14-17-5-3-4-16(12-17)10-9-15-7-8-15/h3-5,12,15,18H,1-2,6-8,11,13-14H2/t18-/m1/s1. The first-order valence-corrected chi connectivity index (χ1v) is 9.05. The van der Waals surface area contributed by atoms with Gasteiger partial charge in [0.2, 0.25) is 5.89 Å². The Balaban J connectivity index is 1.44. The van der Waals surface area contributed by atoms with Gasteiger partial charge in [-0.05, 0) is 49.8 Å². The summed E-state index contributed by atoms with van der Waals surface area (Å²) in [4.78, 5) is 12.1. The van der Waals surface area contributed by atoms with Gasteiger partial charge in [-0.25, -0.2) is 4.79 Å². The van der Waals surface area contributed by atoms with Crippen LogP contribution in [0.4, 0.5) is 0 Å². The van der Waals surface area contributed by atoms with Gasteiger partial charge in [-0.15, -0.1) is 5.10 Å². The highest BCUT2D eigenvalue weighted by molar-refractivity contribution is 5.38. The van der Waals surface area contributed by atoms with Crippen molar-refractivity contribution in [1.29, 1.82) is 0 Å². The van der Waals surface area contributed by atoms with Gasteiger partial charge < -0.3 is 9.15 Å². The summed E-state index contributed by atoms with van der Waals surface area (Å²) < 4.78 is 12.4. The number of nitrogens with zero attached hydrogens (tertiary/aromatic N) is 2. The molecule has 2 aliphatic rings. The Hall–Kier alpha value is -2.32. The van der Waals surface area contributed by atoms with Crippen LogP contribution in [-0.4, -0.2) is 22.5 Å². The fourth-order valence-electron chi connectivity index (χ4n) is 3.03. The molecule has 4 rings (SSSR count). The van der Waals surface area contributed by atoms with Crippen LogP contribution in [0, 0.1) is 17.8 Å². The highest BCUT2D eigenvalue weighted by Gasteiger charge is 2.19. The van der Waals surface area contributed by atoms with E-state index in [9.17, 15) is 4.79 Å². The van der Waals surface area contributed by atoms with E-state index in [1.807, 2.05) is 24.3 Å². The Kier molecular flexibility index (Phi) is 4.71. The van der Waals surface area contributed by atoms with E-state index >= 15 is 0 Å². The molecular formula is C20H22N2O3. The highest BCUT2D eigenvalue weighted by Crippen LogP contribution is 2.27. The zero-order chi connectivity index (χ0) is 17.1. The van der Waals surface area contributed by atoms with Crippen LogP contribution in [0.15, 0.2) is 33.5 Å². The van der Waals surface area contributed by atoms with Crippen LogP contribution in [0.1, 0.15) is 49.1 Å². The average molecular weight is 338 g/mol. The van der Waals surface area contributed by atoms with E-state index in [1.54, 1.807) is 0 Å². The molecule has 1 aliphatic heterocycles. The summed E-state index contributed by atoms with van der Waals surface area (Å²) in [7, 11) is 0. The van der Waals surface area contributed by atoms with Crippen molar-refractivity contribution in [3.05, 3.63) is 51.8 Å². The summed E-state index contributed by atoms with van der Waals surface area (Å²) in [5, 5.41) is 4.33. The summed E-state index contributed by atoms with van der Waals surface area (Å²) in [6.07, 6.45) is 6.37. The maximum absolute atomic E-state index is 12.1. The van der Waals surface area contributed by atoms with Crippen LogP contribution >= 0.6 is 0 Å². The summed E-state index contributed by atoms with van der Waals surface area (Å²) in [5.41, 5.74) is 1.98. The summed E-state index contributed by atoms with van der Waals surface area (Å²) in [6, 6.07) is 7.96. The molecule has 2 aromatic rings. The van der Waals surface area contributed by atoms with Crippen LogP contribution in [0.5, 0.6) is 0 Å². The zero-order valence-corrected chi connectivity index (χ0v) is 14.2. The molecule has 1 atom stereocenters. The topological polar surface area (TPSA) is 57.3 Å². The Morgan fingerprint density at radius 2 is 2.16 bits per heavy atom. The summed E-state index contributed by atoms with van der Waals surface area (Å²) in [6.45, 7) is 1.18. The number of hydrogen-bond donors (Lipinski definition) is 0. The second-order valence-corrected chi connectivity index (χ2v) is 6.86. The molecule has 1 aromatic carbocycles. The van der Waals surface area contributed by atoms with Crippen molar-refractivity contribution in [2.45, 2.75) is 51.2 Å². The maximum Gasteiger partial charge on any atom is 0.437 e. The van der Waals surface area contributed by atoms with Gasteiger partial charge in [-0.2, -0.15) is 4.68 Å². The fourth-order valence-corrected chi connectivity index (χ4v) is 3.03. The Morgan fingerprint density at radius 1 is 1.24 bits per heavy atom. The van der Waals surface area contributed by atoms with E-state index in [4.69, 9.17) is 9.15 Å². The molecule has 130 valence electrons. The highest BCUT2D eigenvalue weighted by atomic mass is 16.5. The van der Waals surface area contributed by atoms with Gasteiger partial charge in [0.05, 0.1) is 19.1 Å². The van der Waals surface area contributed by atoms with Gasteiger partial charge >= 0.3 is 5.76 Å².